The second kappa shape index (κ2) is 6.88. The summed E-state index contributed by atoms with van der Waals surface area (Å²) in [5.41, 5.74) is 1.01. The molecule has 0 aliphatic carbocycles. The second-order valence-corrected chi connectivity index (χ2v) is 10.3. The average Bonchev–Trinajstić information content (AvgIpc) is 2.95. The Hall–Kier alpha value is -2.13. The van der Waals surface area contributed by atoms with Crippen molar-refractivity contribution in [2.75, 3.05) is 28.2 Å². The number of hydrogen-bond donors (Lipinski definition) is 1. The maximum absolute atomic E-state index is 12.5. The molecule has 7 nitrogen and oxygen atoms in total. The zero-order chi connectivity index (χ0) is 18.9. The molecular formula is C17H21N3O4S2. The highest BCUT2D eigenvalue weighted by Crippen LogP contribution is 2.23. The average molecular weight is 396 g/mol. The molecule has 3 rings (SSSR count). The van der Waals surface area contributed by atoms with Gasteiger partial charge in [-0.2, -0.15) is 0 Å². The van der Waals surface area contributed by atoms with Gasteiger partial charge in [0.05, 0.1) is 28.3 Å². The van der Waals surface area contributed by atoms with Crippen molar-refractivity contribution in [1.82, 2.24) is 4.98 Å². The third-order valence-electron chi connectivity index (χ3n) is 4.50. The Morgan fingerprint density at radius 1 is 1.19 bits per heavy atom. The van der Waals surface area contributed by atoms with Crippen molar-refractivity contribution in [1.29, 1.82) is 0 Å². The number of nitrogens with one attached hydrogen (secondary N) is 1. The molecule has 1 aliphatic heterocycles. The number of aryl methyl sites for hydroxylation is 1. The standard InChI is InChI=1S/C17H21N3O4S2/c1-13-5-3-4-6-16(13)26(23,24)19-14-7-8-17(18-11-14)20(2)15-9-10-25(21,22)12-15/h3-8,11,15,19H,9-10,12H2,1-2H3. The minimum atomic E-state index is -3.69. The van der Waals surface area contributed by atoms with E-state index in [-0.39, 0.29) is 22.4 Å². The number of benzene rings is 1. The van der Waals surface area contributed by atoms with E-state index in [9.17, 15) is 16.8 Å². The van der Waals surface area contributed by atoms with Crippen LogP contribution in [0.3, 0.4) is 0 Å². The Labute approximate surface area is 154 Å². The first-order valence-electron chi connectivity index (χ1n) is 8.16. The van der Waals surface area contributed by atoms with Crippen molar-refractivity contribution >= 4 is 31.4 Å². The molecule has 1 unspecified atom stereocenters. The lowest BCUT2D eigenvalue weighted by molar-refractivity contribution is 0.598. The fourth-order valence-electron chi connectivity index (χ4n) is 2.99. The van der Waals surface area contributed by atoms with Crippen LogP contribution in [0.25, 0.3) is 0 Å². The summed E-state index contributed by atoms with van der Waals surface area (Å²) in [5.74, 6) is 0.911. The molecule has 1 fully saturated rings. The van der Waals surface area contributed by atoms with Crippen LogP contribution >= 0.6 is 0 Å². The van der Waals surface area contributed by atoms with Gasteiger partial charge in [0.25, 0.3) is 10.0 Å². The molecule has 26 heavy (non-hydrogen) atoms. The van der Waals surface area contributed by atoms with Crippen molar-refractivity contribution in [3.63, 3.8) is 0 Å². The van der Waals surface area contributed by atoms with E-state index in [4.69, 9.17) is 0 Å². The van der Waals surface area contributed by atoms with Crippen molar-refractivity contribution in [3.05, 3.63) is 48.2 Å². The highest BCUT2D eigenvalue weighted by atomic mass is 32.2. The predicted molar refractivity (Wildman–Crippen MR) is 102 cm³/mol. The summed E-state index contributed by atoms with van der Waals surface area (Å²) >= 11 is 0. The molecule has 9 heteroatoms. The number of sulfone groups is 1. The minimum Gasteiger partial charge on any atom is -0.356 e. The smallest absolute Gasteiger partial charge is 0.262 e. The van der Waals surface area contributed by atoms with Crippen LogP contribution in [0.1, 0.15) is 12.0 Å². The molecule has 0 amide bonds. The molecular weight excluding hydrogens is 374 g/mol. The van der Waals surface area contributed by atoms with Gasteiger partial charge in [0.2, 0.25) is 0 Å². The zero-order valence-corrected chi connectivity index (χ0v) is 16.2. The van der Waals surface area contributed by atoms with Gasteiger partial charge in [-0.15, -0.1) is 0 Å². The third-order valence-corrected chi connectivity index (χ3v) is 7.79. The van der Waals surface area contributed by atoms with Gasteiger partial charge in [0, 0.05) is 13.1 Å². The van der Waals surface area contributed by atoms with Crippen LogP contribution in [0.2, 0.25) is 0 Å². The highest BCUT2D eigenvalue weighted by Gasteiger charge is 2.31. The van der Waals surface area contributed by atoms with Gasteiger partial charge in [0.15, 0.2) is 9.84 Å². The molecule has 0 saturated carbocycles. The lowest BCUT2D eigenvalue weighted by atomic mass is 10.2. The van der Waals surface area contributed by atoms with E-state index in [0.717, 1.165) is 0 Å². The van der Waals surface area contributed by atoms with E-state index >= 15 is 0 Å². The van der Waals surface area contributed by atoms with Gasteiger partial charge in [-0.25, -0.2) is 21.8 Å². The predicted octanol–water partition coefficient (Wildman–Crippen LogP) is 1.81. The summed E-state index contributed by atoms with van der Waals surface area (Å²) in [4.78, 5) is 6.32. The van der Waals surface area contributed by atoms with Crippen LogP contribution in [0.15, 0.2) is 47.5 Å². The fraction of sp³-hybridized carbons (Fsp3) is 0.353. The number of rotatable bonds is 5. The van der Waals surface area contributed by atoms with E-state index in [2.05, 4.69) is 9.71 Å². The van der Waals surface area contributed by atoms with Gasteiger partial charge in [-0.3, -0.25) is 4.72 Å². The molecule has 1 aromatic heterocycles. The maximum atomic E-state index is 12.5. The number of pyridine rings is 1. The lowest BCUT2D eigenvalue weighted by Crippen LogP contribution is -2.33. The third kappa shape index (κ3) is 3.99. The first kappa shape index (κ1) is 18.7. The monoisotopic (exact) mass is 395 g/mol. The van der Waals surface area contributed by atoms with Crippen molar-refractivity contribution in [2.24, 2.45) is 0 Å². The number of anilines is 2. The Morgan fingerprint density at radius 3 is 2.50 bits per heavy atom. The normalized spacial score (nSPS) is 19.2. The molecule has 0 bridgehead atoms. The number of sulfonamides is 1. The Bertz CT molecular complexity index is 1000. The summed E-state index contributed by atoms with van der Waals surface area (Å²) < 4.78 is 50.8. The molecule has 1 saturated heterocycles. The summed E-state index contributed by atoms with van der Waals surface area (Å²) in [6.45, 7) is 1.74. The summed E-state index contributed by atoms with van der Waals surface area (Å²) in [7, 11) is -4.87. The van der Waals surface area contributed by atoms with Crippen LogP contribution in [0, 0.1) is 6.92 Å². The van der Waals surface area contributed by atoms with Crippen molar-refractivity contribution < 1.29 is 16.8 Å². The largest absolute Gasteiger partial charge is 0.356 e. The summed E-state index contributed by atoms with van der Waals surface area (Å²) in [6.07, 6.45) is 2.01. The SMILES string of the molecule is Cc1ccccc1S(=O)(=O)Nc1ccc(N(C)C2CCS(=O)(=O)C2)nc1. The van der Waals surface area contributed by atoms with Gasteiger partial charge in [-0.1, -0.05) is 18.2 Å². The number of nitrogens with zero attached hydrogens (tertiary/aromatic N) is 2. The number of hydrogen-bond acceptors (Lipinski definition) is 6. The van der Waals surface area contributed by atoms with E-state index in [1.54, 1.807) is 50.4 Å². The van der Waals surface area contributed by atoms with Crippen LogP contribution < -0.4 is 9.62 Å². The topological polar surface area (TPSA) is 96.4 Å². The molecule has 1 atom stereocenters. The summed E-state index contributed by atoms with van der Waals surface area (Å²) in [6, 6.07) is 9.94. The minimum absolute atomic E-state index is 0.109. The molecule has 0 radical (unpaired) electrons. The van der Waals surface area contributed by atoms with Gasteiger partial charge < -0.3 is 4.90 Å². The molecule has 1 N–H and O–H groups in total. The fourth-order valence-corrected chi connectivity index (χ4v) is 6.06. The molecule has 1 aromatic carbocycles. The first-order valence-corrected chi connectivity index (χ1v) is 11.5. The Morgan fingerprint density at radius 2 is 1.92 bits per heavy atom. The van der Waals surface area contributed by atoms with Crippen LogP contribution in [0.4, 0.5) is 11.5 Å². The molecule has 1 aliphatic rings. The van der Waals surface area contributed by atoms with Crippen LogP contribution in [0.5, 0.6) is 0 Å². The number of aromatic nitrogens is 1. The first-order chi connectivity index (χ1) is 12.2. The summed E-state index contributed by atoms with van der Waals surface area (Å²) in [5, 5.41) is 0. The van der Waals surface area contributed by atoms with E-state index in [1.165, 1.54) is 6.20 Å². The van der Waals surface area contributed by atoms with E-state index in [0.29, 0.717) is 23.5 Å². The van der Waals surface area contributed by atoms with Crippen molar-refractivity contribution in [2.45, 2.75) is 24.3 Å². The quantitative estimate of drug-likeness (QED) is 0.829. The molecule has 140 valence electrons. The van der Waals surface area contributed by atoms with Crippen LogP contribution in [-0.2, 0) is 19.9 Å². The molecule has 0 spiro atoms. The van der Waals surface area contributed by atoms with Crippen LogP contribution in [-0.4, -0.2) is 46.4 Å². The van der Waals surface area contributed by atoms with E-state index in [1.807, 2.05) is 4.90 Å². The Kier molecular flexibility index (Phi) is 4.94. The zero-order valence-electron chi connectivity index (χ0n) is 14.6. The van der Waals surface area contributed by atoms with Crippen molar-refractivity contribution in [3.8, 4) is 0 Å². The Balaban J connectivity index is 1.75. The van der Waals surface area contributed by atoms with Gasteiger partial charge >= 0.3 is 0 Å². The second-order valence-electron chi connectivity index (χ2n) is 6.44. The maximum Gasteiger partial charge on any atom is 0.262 e. The van der Waals surface area contributed by atoms with Gasteiger partial charge in [0.1, 0.15) is 5.82 Å². The molecule has 2 heterocycles. The highest BCUT2D eigenvalue weighted by molar-refractivity contribution is 7.92. The van der Waals surface area contributed by atoms with Gasteiger partial charge in [-0.05, 0) is 37.1 Å². The lowest BCUT2D eigenvalue weighted by Gasteiger charge is -2.24. The molecule has 2 aromatic rings. The van der Waals surface area contributed by atoms with E-state index < -0.39 is 19.9 Å².